The molecule has 0 saturated carbocycles. The van der Waals surface area contributed by atoms with Crippen LogP contribution in [0, 0.1) is 0 Å². The zero-order valence-corrected chi connectivity index (χ0v) is 29.6. The monoisotopic (exact) mass is 701 g/mol. The summed E-state index contributed by atoms with van der Waals surface area (Å²) in [6.45, 7) is 0. The molecule has 0 atom stereocenters. The number of rotatable bonds is 5. The van der Waals surface area contributed by atoms with Crippen molar-refractivity contribution in [1.82, 2.24) is 15.0 Å². The summed E-state index contributed by atoms with van der Waals surface area (Å²) in [6, 6.07) is 65.8. The van der Waals surface area contributed by atoms with Gasteiger partial charge in [-0.25, -0.2) is 15.0 Å². The molecule has 0 aliphatic carbocycles. The second-order valence-corrected chi connectivity index (χ2v) is 14.0. The molecule has 0 unspecified atom stereocenters. The van der Waals surface area contributed by atoms with Gasteiger partial charge in [0.15, 0.2) is 17.5 Å². The first-order valence-corrected chi connectivity index (χ1v) is 18.5. The van der Waals surface area contributed by atoms with E-state index in [0.29, 0.717) is 17.5 Å². The smallest absolute Gasteiger partial charge is 0.164 e. The van der Waals surface area contributed by atoms with E-state index >= 15 is 0 Å². The van der Waals surface area contributed by atoms with Gasteiger partial charge in [0.2, 0.25) is 0 Å². The standard InChI is InChI=1S/C51H31N3O/c1-3-13-32(14-4-1)34-25-28-47-46(29-34)43-27-24-36(31-48(43)55-47)50-52-49(33-15-5-2-6-16-33)53-51(54-50)44-22-12-7-17-37(44)35-23-26-42-40-20-9-8-18-38(40)39-19-10-11-21-41(39)45(42)30-35/h1-31H. The topological polar surface area (TPSA) is 51.8 Å². The average Bonchev–Trinajstić information content (AvgIpc) is 3.64. The van der Waals surface area contributed by atoms with Gasteiger partial charge in [0, 0.05) is 27.5 Å². The van der Waals surface area contributed by atoms with E-state index in [0.717, 1.165) is 55.3 Å². The van der Waals surface area contributed by atoms with Gasteiger partial charge in [-0.2, -0.15) is 0 Å². The van der Waals surface area contributed by atoms with E-state index in [1.807, 2.05) is 36.4 Å². The molecule has 0 spiro atoms. The van der Waals surface area contributed by atoms with Crippen LogP contribution in [0.2, 0.25) is 0 Å². The zero-order valence-electron chi connectivity index (χ0n) is 29.6. The minimum atomic E-state index is 0.585. The molecule has 0 bridgehead atoms. The number of hydrogen-bond acceptors (Lipinski definition) is 4. The molecule has 9 aromatic carbocycles. The third kappa shape index (κ3) is 5.26. The molecule has 4 nitrogen and oxygen atoms in total. The predicted octanol–water partition coefficient (Wildman–Crippen LogP) is 13.6. The summed E-state index contributed by atoms with van der Waals surface area (Å²) in [4.78, 5) is 15.4. The zero-order chi connectivity index (χ0) is 36.3. The van der Waals surface area contributed by atoms with Crippen LogP contribution < -0.4 is 0 Å². The Hall–Kier alpha value is -7.43. The number of aromatic nitrogens is 3. The molecule has 0 saturated heterocycles. The minimum Gasteiger partial charge on any atom is -0.456 e. The third-order valence-electron chi connectivity index (χ3n) is 10.7. The van der Waals surface area contributed by atoms with Crippen molar-refractivity contribution in [2.45, 2.75) is 0 Å². The van der Waals surface area contributed by atoms with Gasteiger partial charge in [-0.1, -0.05) is 158 Å². The second-order valence-electron chi connectivity index (χ2n) is 14.0. The summed E-state index contributed by atoms with van der Waals surface area (Å²) >= 11 is 0. The highest BCUT2D eigenvalue weighted by atomic mass is 16.3. The maximum absolute atomic E-state index is 6.43. The maximum Gasteiger partial charge on any atom is 0.164 e. The van der Waals surface area contributed by atoms with Gasteiger partial charge in [0.1, 0.15) is 11.2 Å². The molecule has 0 aliphatic heterocycles. The lowest BCUT2D eigenvalue weighted by Crippen LogP contribution is -2.01. The van der Waals surface area contributed by atoms with E-state index in [4.69, 9.17) is 19.4 Å². The van der Waals surface area contributed by atoms with Crippen LogP contribution >= 0.6 is 0 Å². The van der Waals surface area contributed by atoms with Gasteiger partial charge in [0.25, 0.3) is 0 Å². The summed E-state index contributed by atoms with van der Waals surface area (Å²) < 4.78 is 6.43. The Bertz CT molecular complexity index is 3220. The summed E-state index contributed by atoms with van der Waals surface area (Å²) in [6.07, 6.45) is 0. The molecular weight excluding hydrogens is 671 g/mol. The lowest BCUT2D eigenvalue weighted by Gasteiger charge is -2.14. The molecule has 0 amide bonds. The average molecular weight is 702 g/mol. The van der Waals surface area contributed by atoms with Gasteiger partial charge >= 0.3 is 0 Å². The summed E-state index contributed by atoms with van der Waals surface area (Å²) in [5, 5.41) is 9.60. The first-order chi connectivity index (χ1) is 27.2. The van der Waals surface area contributed by atoms with Crippen molar-refractivity contribution in [3.63, 3.8) is 0 Å². The molecule has 0 N–H and O–H groups in total. The number of nitrogens with zero attached hydrogens (tertiary/aromatic N) is 3. The molecular formula is C51H31N3O. The molecule has 0 fully saturated rings. The fraction of sp³-hybridized carbons (Fsp3) is 0. The van der Waals surface area contributed by atoms with Crippen molar-refractivity contribution in [3.8, 4) is 56.4 Å². The fourth-order valence-electron chi connectivity index (χ4n) is 8.07. The first-order valence-electron chi connectivity index (χ1n) is 18.5. The predicted molar refractivity (Wildman–Crippen MR) is 227 cm³/mol. The van der Waals surface area contributed by atoms with Gasteiger partial charge in [-0.05, 0) is 84.9 Å². The maximum atomic E-state index is 6.43. The Morgan fingerprint density at radius 2 is 0.745 bits per heavy atom. The molecule has 4 heteroatoms. The van der Waals surface area contributed by atoms with Crippen LogP contribution in [-0.2, 0) is 0 Å². The highest BCUT2D eigenvalue weighted by Crippen LogP contribution is 2.40. The van der Waals surface area contributed by atoms with Crippen LogP contribution in [0.3, 0.4) is 0 Å². The van der Waals surface area contributed by atoms with Gasteiger partial charge in [0.05, 0.1) is 0 Å². The van der Waals surface area contributed by atoms with Gasteiger partial charge in [-0.15, -0.1) is 0 Å². The van der Waals surface area contributed by atoms with Gasteiger partial charge in [-0.3, -0.25) is 0 Å². The van der Waals surface area contributed by atoms with Crippen molar-refractivity contribution < 1.29 is 4.42 Å². The Morgan fingerprint density at radius 1 is 0.255 bits per heavy atom. The van der Waals surface area contributed by atoms with Crippen molar-refractivity contribution in [2.24, 2.45) is 0 Å². The van der Waals surface area contributed by atoms with E-state index in [2.05, 4.69) is 152 Å². The molecule has 256 valence electrons. The van der Waals surface area contributed by atoms with Crippen molar-refractivity contribution in [2.75, 3.05) is 0 Å². The highest BCUT2D eigenvalue weighted by molar-refractivity contribution is 6.25. The lowest BCUT2D eigenvalue weighted by molar-refractivity contribution is 0.669. The quantitative estimate of drug-likeness (QED) is 0.168. The largest absolute Gasteiger partial charge is 0.456 e. The van der Waals surface area contributed by atoms with E-state index in [-0.39, 0.29) is 0 Å². The highest BCUT2D eigenvalue weighted by Gasteiger charge is 2.18. The fourth-order valence-corrected chi connectivity index (χ4v) is 8.07. The van der Waals surface area contributed by atoms with E-state index in [1.54, 1.807) is 0 Å². The normalized spacial score (nSPS) is 11.6. The molecule has 0 aliphatic rings. The van der Waals surface area contributed by atoms with E-state index in [9.17, 15) is 0 Å². The van der Waals surface area contributed by atoms with Crippen molar-refractivity contribution >= 4 is 54.3 Å². The Labute approximate surface area is 317 Å². The summed E-state index contributed by atoms with van der Waals surface area (Å²) in [5.41, 5.74) is 8.84. The summed E-state index contributed by atoms with van der Waals surface area (Å²) in [5.74, 6) is 1.81. The number of benzene rings is 9. The van der Waals surface area contributed by atoms with E-state index in [1.165, 1.54) is 37.9 Å². The van der Waals surface area contributed by atoms with Crippen LogP contribution in [-0.4, -0.2) is 15.0 Å². The van der Waals surface area contributed by atoms with Crippen LogP contribution in [0.25, 0.3) is 111 Å². The van der Waals surface area contributed by atoms with Crippen LogP contribution in [0.15, 0.2) is 192 Å². The molecule has 55 heavy (non-hydrogen) atoms. The molecule has 2 aromatic heterocycles. The van der Waals surface area contributed by atoms with Gasteiger partial charge < -0.3 is 4.42 Å². The number of hydrogen-bond donors (Lipinski definition) is 0. The second kappa shape index (κ2) is 12.6. The molecule has 2 heterocycles. The Morgan fingerprint density at radius 3 is 1.45 bits per heavy atom. The van der Waals surface area contributed by atoms with Crippen LogP contribution in [0.4, 0.5) is 0 Å². The van der Waals surface area contributed by atoms with E-state index < -0.39 is 0 Å². The molecule has 0 radical (unpaired) electrons. The SMILES string of the molecule is c1ccc(-c2ccc3oc4cc(-c5nc(-c6ccccc6)nc(-c6ccccc6-c6ccc7c8ccccc8c8ccccc8c7c6)n5)ccc4c3c2)cc1. The minimum absolute atomic E-state index is 0.585. The van der Waals surface area contributed by atoms with Crippen LogP contribution in [0.1, 0.15) is 0 Å². The summed E-state index contributed by atoms with van der Waals surface area (Å²) in [7, 11) is 0. The Kier molecular flexibility index (Phi) is 7.14. The number of furan rings is 1. The molecule has 11 rings (SSSR count). The third-order valence-corrected chi connectivity index (χ3v) is 10.7. The lowest BCUT2D eigenvalue weighted by atomic mass is 9.91. The first kappa shape index (κ1) is 31.1. The van der Waals surface area contributed by atoms with Crippen molar-refractivity contribution in [3.05, 3.63) is 188 Å². The number of fused-ring (bicyclic) bond motifs is 9. The van der Waals surface area contributed by atoms with Crippen LogP contribution in [0.5, 0.6) is 0 Å². The molecule has 11 aromatic rings. The Balaban J connectivity index is 1.08. The van der Waals surface area contributed by atoms with Crippen molar-refractivity contribution in [1.29, 1.82) is 0 Å².